The summed E-state index contributed by atoms with van der Waals surface area (Å²) in [5.41, 5.74) is 7.56. The van der Waals surface area contributed by atoms with Crippen LogP contribution in [0.3, 0.4) is 0 Å². The minimum absolute atomic E-state index is 0.0747. The van der Waals surface area contributed by atoms with E-state index >= 15 is 0 Å². The highest BCUT2D eigenvalue weighted by atomic mass is 32.2. The summed E-state index contributed by atoms with van der Waals surface area (Å²) in [6.07, 6.45) is 2.03. The molecular weight excluding hydrogens is 272 g/mol. The molecule has 1 heterocycles. The first-order valence-corrected chi connectivity index (χ1v) is 8.61. The van der Waals surface area contributed by atoms with E-state index in [9.17, 15) is 8.42 Å². The molecule has 4 nitrogen and oxygen atoms in total. The van der Waals surface area contributed by atoms with Crippen molar-refractivity contribution in [2.75, 3.05) is 6.54 Å². The lowest BCUT2D eigenvalue weighted by Crippen LogP contribution is -2.44. The van der Waals surface area contributed by atoms with Crippen LogP contribution >= 0.6 is 0 Å². The highest BCUT2D eigenvalue weighted by Crippen LogP contribution is 2.28. The summed E-state index contributed by atoms with van der Waals surface area (Å²) in [6, 6.07) is 5.31. The third-order valence-corrected chi connectivity index (χ3v) is 6.18. The predicted molar refractivity (Wildman–Crippen MR) is 80.8 cm³/mol. The van der Waals surface area contributed by atoms with Crippen molar-refractivity contribution in [3.05, 3.63) is 29.3 Å². The monoisotopic (exact) mass is 296 g/mol. The first-order chi connectivity index (χ1) is 9.36. The molecule has 0 aromatic heterocycles. The smallest absolute Gasteiger partial charge is 0.243 e. The molecule has 0 spiro atoms. The van der Waals surface area contributed by atoms with E-state index in [0.29, 0.717) is 23.9 Å². The van der Waals surface area contributed by atoms with E-state index in [0.717, 1.165) is 24.0 Å². The van der Waals surface area contributed by atoms with Crippen LogP contribution in [-0.4, -0.2) is 25.3 Å². The van der Waals surface area contributed by atoms with Gasteiger partial charge in [-0.05, 0) is 55.9 Å². The Morgan fingerprint density at radius 1 is 1.30 bits per heavy atom. The topological polar surface area (TPSA) is 63.4 Å². The highest BCUT2D eigenvalue weighted by Gasteiger charge is 2.33. The quantitative estimate of drug-likeness (QED) is 0.930. The van der Waals surface area contributed by atoms with Crippen LogP contribution < -0.4 is 5.73 Å². The molecular formula is C15H24N2O2S. The summed E-state index contributed by atoms with van der Waals surface area (Å²) in [4.78, 5) is 0.383. The van der Waals surface area contributed by atoms with Crippen LogP contribution in [0, 0.1) is 12.8 Å². The standard InChI is InChI=1S/C15H24N2O2S/c1-11-4-5-13(3)17(10-11)20(18,19)15-7-6-14(9-16)12(2)8-15/h6-8,11,13H,4-5,9-10,16H2,1-3H3. The van der Waals surface area contributed by atoms with Gasteiger partial charge in [0, 0.05) is 19.1 Å². The number of piperidine rings is 1. The van der Waals surface area contributed by atoms with Gasteiger partial charge in [-0.1, -0.05) is 13.0 Å². The lowest BCUT2D eigenvalue weighted by atomic mass is 9.97. The Morgan fingerprint density at radius 3 is 2.60 bits per heavy atom. The zero-order valence-corrected chi connectivity index (χ0v) is 13.3. The van der Waals surface area contributed by atoms with Crippen LogP contribution in [0.5, 0.6) is 0 Å². The zero-order valence-electron chi connectivity index (χ0n) is 12.5. The number of nitrogens with two attached hydrogens (primary N) is 1. The molecule has 0 aliphatic carbocycles. The van der Waals surface area contributed by atoms with E-state index in [4.69, 9.17) is 5.73 Å². The van der Waals surface area contributed by atoms with Gasteiger partial charge in [0.05, 0.1) is 4.90 Å². The van der Waals surface area contributed by atoms with Crippen LogP contribution in [-0.2, 0) is 16.6 Å². The van der Waals surface area contributed by atoms with E-state index in [-0.39, 0.29) is 6.04 Å². The Bertz CT molecular complexity index is 584. The Hall–Kier alpha value is -0.910. The first kappa shape index (κ1) is 15.5. The minimum atomic E-state index is -3.40. The second-order valence-corrected chi connectivity index (χ2v) is 7.79. The van der Waals surface area contributed by atoms with E-state index in [2.05, 4.69) is 6.92 Å². The molecule has 0 bridgehead atoms. The van der Waals surface area contributed by atoms with Gasteiger partial charge in [0.15, 0.2) is 0 Å². The molecule has 0 radical (unpaired) electrons. The molecule has 2 rings (SSSR count). The zero-order chi connectivity index (χ0) is 14.9. The Morgan fingerprint density at radius 2 is 2.00 bits per heavy atom. The Labute approximate surface area is 122 Å². The van der Waals surface area contributed by atoms with Crippen molar-refractivity contribution in [3.8, 4) is 0 Å². The molecule has 5 heteroatoms. The average molecular weight is 296 g/mol. The fourth-order valence-electron chi connectivity index (χ4n) is 2.78. The summed E-state index contributed by atoms with van der Waals surface area (Å²) in [5.74, 6) is 0.422. The summed E-state index contributed by atoms with van der Waals surface area (Å²) < 4.78 is 27.2. The summed E-state index contributed by atoms with van der Waals surface area (Å²) in [5, 5.41) is 0. The molecule has 2 N–H and O–H groups in total. The van der Waals surface area contributed by atoms with Gasteiger partial charge in [-0.2, -0.15) is 4.31 Å². The number of benzene rings is 1. The second-order valence-electron chi connectivity index (χ2n) is 5.90. The molecule has 1 fully saturated rings. The van der Waals surface area contributed by atoms with Crippen LogP contribution in [0.4, 0.5) is 0 Å². The third kappa shape index (κ3) is 2.90. The molecule has 1 aromatic carbocycles. The van der Waals surface area contributed by atoms with Gasteiger partial charge in [-0.15, -0.1) is 0 Å². The molecule has 1 aromatic rings. The van der Waals surface area contributed by atoms with Crippen molar-refractivity contribution < 1.29 is 8.42 Å². The molecule has 1 saturated heterocycles. The SMILES string of the molecule is Cc1cc(S(=O)(=O)N2CC(C)CCC2C)ccc1CN. The van der Waals surface area contributed by atoms with Gasteiger partial charge in [-0.3, -0.25) is 0 Å². The van der Waals surface area contributed by atoms with Gasteiger partial charge < -0.3 is 5.73 Å². The van der Waals surface area contributed by atoms with Crippen molar-refractivity contribution in [2.45, 2.75) is 51.1 Å². The fraction of sp³-hybridized carbons (Fsp3) is 0.600. The maximum atomic E-state index is 12.8. The maximum Gasteiger partial charge on any atom is 0.243 e. The van der Waals surface area contributed by atoms with Crippen LogP contribution in [0.15, 0.2) is 23.1 Å². The van der Waals surface area contributed by atoms with E-state index in [1.54, 1.807) is 16.4 Å². The largest absolute Gasteiger partial charge is 0.326 e. The van der Waals surface area contributed by atoms with E-state index in [1.807, 2.05) is 19.9 Å². The molecule has 0 amide bonds. The third-order valence-electron chi connectivity index (χ3n) is 4.20. The van der Waals surface area contributed by atoms with Crippen molar-refractivity contribution in [1.29, 1.82) is 0 Å². The van der Waals surface area contributed by atoms with E-state index < -0.39 is 10.0 Å². The maximum absolute atomic E-state index is 12.8. The van der Waals surface area contributed by atoms with E-state index in [1.165, 1.54) is 0 Å². The minimum Gasteiger partial charge on any atom is -0.326 e. The lowest BCUT2D eigenvalue weighted by Gasteiger charge is -2.35. The molecule has 2 atom stereocenters. The number of aryl methyl sites for hydroxylation is 1. The average Bonchev–Trinajstić information content (AvgIpc) is 2.41. The van der Waals surface area contributed by atoms with Crippen molar-refractivity contribution in [1.82, 2.24) is 4.31 Å². The fourth-order valence-corrected chi connectivity index (χ4v) is 4.64. The number of rotatable bonds is 3. The van der Waals surface area contributed by atoms with Crippen LogP contribution in [0.1, 0.15) is 37.8 Å². The summed E-state index contributed by atoms with van der Waals surface area (Å²) >= 11 is 0. The van der Waals surface area contributed by atoms with Crippen molar-refractivity contribution in [3.63, 3.8) is 0 Å². The molecule has 1 aliphatic rings. The first-order valence-electron chi connectivity index (χ1n) is 7.17. The highest BCUT2D eigenvalue weighted by molar-refractivity contribution is 7.89. The van der Waals surface area contributed by atoms with Crippen molar-refractivity contribution in [2.24, 2.45) is 11.7 Å². The Kier molecular flexibility index (Phi) is 4.52. The van der Waals surface area contributed by atoms with Crippen LogP contribution in [0.2, 0.25) is 0 Å². The molecule has 112 valence electrons. The number of hydrogen-bond donors (Lipinski definition) is 1. The van der Waals surface area contributed by atoms with Crippen LogP contribution in [0.25, 0.3) is 0 Å². The van der Waals surface area contributed by atoms with Gasteiger partial charge >= 0.3 is 0 Å². The molecule has 2 unspecified atom stereocenters. The summed E-state index contributed by atoms with van der Waals surface area (Å²) in [6.45, 7) is 7.05. The van der Waals surface area contributed by atoms with Gasteiger partial charge in [0.25, 0.3) is 0 Å². The molecule has 1 aliphatic heterocycles. The number of hydrogen-bond acceptors (Lipinski definition) is 3. The lowest BCUT2D eigenvalue weighted by molar-refractivity contribution is 0.218. The predicted octanol–water partition coefficient (Wildman–Crippen LogP) is 2.26. The molecule has 0 saturated carbocycles. The van der Waals surface area contributed by atoms with Gasteiger partial charge in [-0.25, -0.2) is 8.42 Å². The molecule has 20 heavy (non-hydrogen) atoms. The normalized spacial score (nSPS) is 24.8. The Balaban J connectivity index is 2.36. The number of sulfonamides is 1. The summed E-state index contributed by atoms with van der Waals surface area (Å²) in [7, 11) is -3.40. The number of nitrogens with zero attached hydrogens (tertiary/aromatic N) is 1. The second kappa shape index (κ2) is 5.84. The van der Waals surface area contributed by atoms with Gasteiger partial charge in [0.2, 0.25) is 10.0 Å². The van der Waals surface area contributed by atoms with Crippen molar-refractivity contribution >= 4 is 10.0 Å². The van der Waals surface area contributed by atoms with Gasteiger partial charge in [0.1, 0.15) is 0 Å².